The molecule has 2 aromatic carbocycles. The smallest absolute Gasteiger partial charge is 0.0893 e. The first-order valence-electron chi connectivity index (χ1n) is 6.61. The third-order valence-corrected chi connectivity index (χ3v) is 4.07. The molecule has 3 aromatic rings. The van der Waals surface area contributed by atoms with Gasteiger partial charge in [-0.1, -0.05) is 52.3 Å². The van der Waals surface area contributed by atoms with E-state index in [0.717, 1.165) is 21.4 Å². The van der Waals surface area contributed by atoms with Crippen molar-refractivity contribution in [2.24, 2.45) is 5.84 Å². The van der Waals surface area contributed by atoms with E-state index in [1.54, 1.807) is 6.20 Å². The Morgan fingerprint density at radius 3 is 2.43 bits per heavy atom. The second-order valence-electron chi connectivity index (χ2n) is 4.62. The van der Waals surface area contributed by atoms with Crippen LogP contribution in [0.25, 0.3) is 5.69 Å². The van der Waals surface area contributed by atoms with Gasteiger partial charge in [0, 0.05) is 10.7 Å². The van der Waals surface area contributed by atoms with Gasteiger partial charge in [-0.2, -0.15) is 5.10 Å². The highest BCUT2D eigenvalue weighted by Crippen LogP contribution is 2.28. The Balaban J connectivity index is 2.08. The molecule has 1 unspecified atom stereocenters. The van der Waals surface area contributed by atoms with Crippen molar-refractivity contribution in [3.63, 3.8) is 0 Å². The molecule has 21 heavy (non-hydrogen) atoms. The molecule has 0 fully saturated rings. The molecule has 0 spiro atoms. The third kappa shape index (κ3) is 2.76. The molecule has 0 saturated heterocycles. The highest BCUT2D eigenvalue weighted by atomic mass is 79.9. The maximum atomic E-state index is 5.80. The summed E-state index contributed by atoms with van der Waals surface area (Å²) in [6.07, 6.45) is 1.78. The summed E-state index contributed by atoms with van der Waals surface area (Å²) in [5.74, 6) is 5.80. The lowest BCUT2D eigenvalue weighted by atomic mass is 10.0. The first kappa shape index (κ1) is 14.0. The van der Waals surface area contributed by atoms with Crippen LogP contribution in [0.3, 0.4) is 0 Å². The van der Waals surface area contributed by atoms with E-state index in [-0.39, 0.29) is 6.04 Å². The second kappa shape index (κ2) is 6.22. The Labute approximate surface area is 131 Å². The fourth-order valence-electron chi connectivity index (χ4n) is 2.36. The van der Waals surface area contributed by atoms with Gasteiger partial charge in [0.25, 0.3) is 0 Å². The van der Waals surface area contributed by atoms with Crippen LogP contribution >= 0.6 is 15.9 Å². The summed E-state index contributed by atoms with van der Waals surface area (Å²) in [6, 6.07) is 19.8. The molecule has 1 atom stereocenters. The molecule has 3 N–H and O–H groups in total. The van der Waals surface area contributed by atoms with Gasteiger partial charge in [0.05, 0.1) is 17.4 Å². The number of hydrogen-bond acceptors (Lipinski definition) is 3. The van der Waals surface area contributed by atoms with E-state index in [2.05, 4.69) is 26.5 Å². The Morgan fingerprint density at radius 2 is 1.71 bits per heavy atom. The second-order valence-corrected chi connectivity index (χ2v) is 5.48. The standard InChI is InChI=1S/C16H15BrN4/c17-14-9-5-4-8-13(14)16(20-18)15-10-11-19-21(15)12-6-2-1-3-7-12/h1-11,16,20H,18H2. The van der Waals surface area contributed by atoms with Crippen LogP contribution in [0.2, 0.25) is 0 Å². The lowest BCUT2D eigenvalue weighted by Crippen LogP contribution is -2.30. The lowest BCUT2D eigenvalue weighted by molar-refractivity contribution is 0.595. The molecular formula is C16H15BrN4. The van der Waals surface area contributed by atoms with Crippen LogP contribution in [0.1, 0.15) is 17.3 Å². The topological polar surface area (TPSA) is 55.9 Å². The van der Waals surface area contributed by atoms with Crippen LogP contribution in [0.4, 0.5) is 0 Å². The van der Waals surface area contributed by atoms with E-state index in [1.807, 2.05) is 65.3 Å². The van der Waals surface area contributed by atoms with Crippen LogP contribution in [0.5, 0.6) is 0 Å². The predicted molar refractivity (Wildman–Crippen MR) is 86.9 cm³/mol. The van der Waals surface area contributed by atoms with Crippen LogP contribution in [0, 0.1) is 0 Å². The van der Waals surface area contributed by atoms with E-state index in [9.17, 15) is 0 Å². The van der Waals surface area contributed by atoms with E-state index in [4.69, 9.17) is 5.84 Å². The summed E-state index contributed by atoms with van der Waals surface area (Å²) in [7, 11) is 0. The number of nitrogens with zero attached hydrogens (tertiary/aromatic N) is 2. The number of rotatable bonds is 4. The molecule has 3 rings (SSSR count). The average Bonchev–Trinajstić information content (AvgIpc) is 3.00. The van der Waals surface area contributed by atoms with Crippen molar-refractivity contribution in [1.29, 1.82) is 0 Å². The van der Waals surface area contributed by atoms with Crippen LogP contribution in [-0.4, -0.2) is 9.78 Å². The van der Waals surface area contributed by atoms with Crippen LogP contribution < -0.4 is 11.3 Å². The zero-order valence-electron chi connectivity index (χ0n) is 11.3. The minimum absolute atomic E-state index is 0.150. The molecular weight excluding hydrogens is 328 g/mol. The molecule has 1 aromatic heterocycles. The predicted octanol–water partition coefficient (Wildman–Crippen LogP) is 3.19. The molecule has 0 saturated carbocycles. The van der Waals surface area contributed by atoms with Gasteiger partial charge in [0.2, 0.25) is 0 Å². The van der Waals surface area contributed by atoms with E-state index in [0.29, 0.717) is 0 Å². The van der Waals surface area contributed by atoms with Crippen molar-refractivity contribution in [2.75, 3.05) is 0 Å². The summed E-state index contributed by atoms with van der Waals surface area (Å²) in [5, 5.41) is 4.42. The van der Waals surface area contributed by atoms with E-state index >= 15 is 0 Å². The first-order chi connectivity index (χ1) is 10.3. The van der Waals surface area contributed by atoms with Gasteiger partial charge >= 0.3 is 0 Å². The summed E-state index contributed by atoms with van der Waals surface area (Å²) in [4.78, 5) is 0. The molecule has 0 aliphatic rings. The normalized spacial score (nSPS) is 12.3. The van der Waals surface area contributed by atoms with Gasteiger partial charge in [-0.05, 0) is 29.8 Å². The molecule has 0 amide bonds. The van der Waals surface area contributed by atoms with Crippen molar-refractivity contribution in [2.45, 2.75) is 6.04 Å². The quantitative estimate of drug-likeness (QED) is 0.565. The average molecular weight is 343 g/mol. The van der Waals surface area contributed by atoms with Gasteiger partial charge in [-0.3, -0.25) is 5.84 Å². The zero-order valence-corrected chi connectivity index (χ0v) is 12.9. The molecule has 0 aliphatic heterocycles. The number of benzene rings is 2. The maximum absolute atomic E-state index is 5.80. The number of para-hydroxylation sites is 1. The number of aromatic nitrogens is 2. The fraction of sp³-hybridized carbons (Fsp3) is 0.0625. The van der Waals surface area contributed by atoms with Gasteiger partial charge in [-0.25, -0.2) is 10.1 Å². The summed E-state index contributed by atoms with van der Waals surface area (Å²) < 4.78 is 2.90. The van der Waals surface area contributed by atoms with E-state index < -0.39 is 0 Å². The Bertz CT molecular complexity index is 724. The fourth-order valence-corrected chi connectivity index (χ4v) is 2.87. The number of nitrogens with one attached hydrogen (secondary N) is 1. The summed E-state index contributed by atoms with van der Waals surface area (Å²) >= 11 is 3.58. The van der Waals surface area contributed by atoms with Crippen LogP contribution in [-0.2, 0) is 0 Å². The number of hydrazine groups is 1. The number of hydrogen-bond donors (Lipinski definition) is 2. The van der Waals surface area contributed by atoms with Gasteiger partial charge in [0.1, 0.15) is 0 Å². The van der Waals surface area contributed by atoms with Crippen molar-refractivity contribution in [3.05, 3.63) is 82.6 Å². The molecule has 0 radical (unpaired) electrons. The minimum atomic E-state index is -0.150. The van der Waals surface area contributed by atoms with Crippen molar-refractivity contribution in [1.82, 2.24) is 15.2 Å². The first-order valence-corrected chi connectivity index (χ1v) is 7.40. The van der Waals surface area contributed by atoms with Crippen molar-refractivity contribution >= 4 is 15.9 Å². The summed E-state index contributed by atoms with van der Waals surface area (Å²) in [6.45, 7) is 0. The van der Waals surface area contributed by atoms with Crippen molar-refractivity contribution in [3.8, 4) is 5.69 Å². The maximum Gasteiger partial charge on any atom is 0.0893 e. The van der Waals surface area contributed by atoms with Gasteiger partial charge < -0.3 is 0 Å². The van der Waals surface area contributed by atoms with Gasteiger partial charge in [-0.15, -0.1) is 0 Å². The molecule has 4 nitrogen and oxygen atoms in total. The highest BCUT2D eigenvalue weighted by Gasteiger charge is 2.19. The molecule has 106 valence electrons. The van der Waals surface area contributed by atoms with Crippen LogP contribution in [0.15, 0.2) is 71.3 Å². The Kier molecular flexibility index (Phi) is 4.15. The minimum Gasteiger partial charge on any atom is -0.271 e. The number of nitrogens with two attached hydrogens (primary N) is 1. The lowest BCUT2D eigenvalue weighted by Gasteiger charge is -2.19. The third-order valence-electron chi connectivity index (χ3n) is 3.35. The van der Waals surface area contributed by atoms with Gasteiger partial charge in [0.15, 0.2) is 0 Å². The molecule has 0 bridgehead atoms. The van der Waals surface area contributed by atoms with Crippen molar-refractivity contribution < 1.29 is 0 Å². The Morgan fingerprint density at radius 1 is 1.00 bits per heavy atom. The summed E-state index contributed by atoms with van der Waals surface area (Å²) in [5.41, 5.74) is 5.93. The monoisotopic (exact) mass is 342 g/mol. The largest absolute Gasteiger partial charge is 0.271 e. The zero-order chi connectivity index (χ0) is 14.7. The SMILES string of the molecule is NNC(c1ccccc1Br)c1ccnn1-c1ccccc1. The van der Waals surface area contributed by atoms with E-state index in [1.165, 1.54) is 0 Å². The number of halogens is 1. The molecule has 1 heterocycles. The molecule has 0 aliphatic carbocycles. The highest BCUT2D eigenvalue weighted by molar-refractivity contribution is 9.10. The molecule has 5 heteroatoms. The Hall–Kier alpha value is -1.95.